The van der Waals surface area contributed by atoms with E-state index in [9.17, 15) is 9.59 Å². The molecule has 1 N–H and O–H groups in total. The number of nitrogens with zero attached hydrogens (tertiary/aromatic N) is 2. The van der Waals surface area contributed by atoms with Crippen molar-refractivity contribution in [2.45, 2.75) is 0 Å². The molecule has 6 nitrogen and oxygen atoms in total. The van der Waals surface area contributed by atoms with Crippen molar-refractivity contribution in [2.75, 3.05) is 0 Å². The van der Waals surface area contributed by atoms with E-state index in [1.165, 1.54) is 6.08 Å². The van der Waals surface area contributed by atoms with Gasteiger partial charge in [-0.2, -0.15) is 0 Å². The highest BCUT2D eigenvalue weighted by atomic mass is 32.2. The highest BCUT2D eigenvalue weighted by Gasteiger charge is 2.25. The monoisotopic (exact) mass is 347 g/mol. The number of hydrogen-bond acceptors (Lipinski definition) is 6. The fourth-order valence-corrected chi connectivity index (χ4v) is 2.92. The molecule has 1 saturated heterocycles. The average Bonchev–Trinajstić information content (AvgIpc) is 3.16. The third-order valence-corrected chi connectivity index (χ3v) is 4.16. The Bertz CT molecular complexity index is 1090. The molecule has 3 aromatic heterocycles. The Morgan fingerprint density at radius 1 is 1.20 bits per heavy atom. The molecule has 1 aliphatic heterocycles. The molecule has 120 valence electrons. The summed E-state index contributed by atoms with van der Waals surface area (Å²) in [6, 6.07) is 7.24. The van der Waals surface area contributed by atoms with Crippen LogP contribution in [0.3, 0.4) is 0 Å². The van der Waals surface area contributed by atoms with E-state index in [2.05, 4.69) is 27.1 Å². The lowest BCUT2D eigenvalue weighted by Gasteiger charge is -1.92. The highest BCUT2D eigenvalue weighted by Crippen LogP contribution is 2.28. The Hall–Kier alpha value is -3.37. The van der Waals surface area contributed by atoms with Gasteiger partial charge in [-0.05, 0) is 35.9 Å². The van der Waals surface area contributed by atoms with Crippen molar-refractivity contribution in [1.82, 2.24) is 15.3 Å². The number of rotatable bonds is 1. The molecule has 0 saturated carbocycles. The topological polar surface area (TPSA) is 85.1 Å². The Labute approximate surface area is 146 Å². The molecule has 2 amide bonds. The Kier molecular flexibility index (Phi) is 3.80. The third kappa shape index (κ3) is 3.16. The summed E-state index contributed by atoms with van der Waals surface area (Å²) >= 11 is 0.840. The maximum atomic E-state index is 11.6. The largest absolute Gasteiger partial charge is 0.455 e. The molecule has 0 spiro atoms. The van der Waals surface area contributed by atoms with Crippen molar-refractivity contribution in [2.24, 2.45) is 0 Å². The van der Waals surface area contributed by atoms with Gasteiger partial charge in [0.15, 0.2) is 5.58 Å². The fourth-order valence-electron chi connectivity index (χ4n) is 2.26. The first kappa shape index (κ1) is 15.2. The smallest absolute Gasteiger partial charge is 0.290 e. The standard InChI is InChI=1S/C18H9N3O3S/c22-17-15(25-18(23)21-17)8-14-7-12-10-19-9-11(16(12)24-14)4-5-13-3-1-2-6-20-13/h1-3,6-10H,(H,21,22,23). The van der Waals surface area contributed by atoms with E-state index in [-0.39, 0.29) is 4.91 Å². The van der Waals surface area contributed by atoms with Crippen LogP contribution in [0.5, 0.6) is 0 Å². The molecular formula is C18H9N3O3S. The van der Waals surface area contributed by atoms with Gasteiger partial charge < -0.3 is 4.42 Å². The van der Waals surface area contributed by atoms with Gasteiger partial charge >= 0.3 is 0 Å². The first-order valence-electron chi connectivity index (χ1n) is 7.24. The summed E-state index contributed by atoms with van der Waals surface area (Å²) in [6.07, 6.45) is 6.46. The van der Waals surface area contributed by atoms with Gasteiger partial charge in [-0.1, -0.05) is 12.0 Å². The SMILES string of the molecule is O=C1NC(=O)C(=Cc2cc3cncc(C#Cc4ccccn4)c3o2)S1. The zero-order valence-electron chi connectivity index (χ0n) is 12.6. The van der Waals surface area contributed by atoms with Crippen LogP contribution in [0.25, 0.3) is 17.0 Å². The van der Waals surface area contributed by atoms with Crippen molar-refractivity contribution in [1.29, 1.82) is 0 Å². The minimum atomic E-state index is -0.427. The molecule has 3 aromatic rings. The van der Waals surface area contributed by atoms with Gasteiger partial charge in [0.2, 0.25) is 0 Å². The summed E-state index contributed by atoms with van der Waals surface area (Å²) in [4.78, 5) is 31.4. The Morgan fingerprint density at radius 3 is 2.88 bits per heavy atom. The normalized spacial score (nSPS) is 15.3. The zero-order chi connectivity index (χ0) is 17.2. The van der Waals surface area contributed by atoms with Gasteiger partial charge in [0, 0.05) is 30.1 Å². The lowest BCUT2D eigenvalue weighted by molar-refractivity contribution is -0.115. The number of nitrogens with one attached hydrogen (secondary N) is 1. The average molecular weight is 347 g/mol. The molecule has 7 heteroatoms. The molecule has 0 atom stereocenters. The number of pyridine rings is 2. The number of imide groups is 1. The summed E-state index contributed by atoms with van der Waals surface area (Å²) < 4.78 is 5.79. The number of carbonyl (C=O) groups excluding carboxylic acids is 2. The zero-order valence-corrected chi connectivity index (χ0v) is 13.5. The molecule has 0 unspecified atom stereocenters. The predicted octanol–water partition coefficient (Wildman–Crippen LogP) is 2.95. The Morgan fingerprint density at radius 2 is 2.12 bits per heavy atom. The van der Waals surface area contributed by atoms with Gasteiger partial charge in [0.25, 0.3) is 11.1 Å². The molecule has 4 rings (SSSR count). The first-order chi connectivity index (χ1) is 12.2. The molecule has 0 aromatic carbocycles. The number of hydrogen-bond donors (Lipinski definition) is 1. The van der Waals surface area contributed by atoms with Crippen molar-refractivity contribution in [3.8, 4) is 11.8 Å². The van der Waals surface area contributed by atoms with Gasteiger partial charge in [0.05, 0.1) is 10.5 Å². The number of thioether (sulfide) groups is 1. The summed E-state index contributed by atoms with van der Waals surface area (Å²) in [5.41, 5.74) is 1.83. The van der Waals surface area contributed by atoms with E-state index in [0.717, 1.165) is 17.1 Å². The van der Waals surface area contributed by atoms with E-state index in [1.807, 2.05) is 18.2 Å². The molecule has 1 fully saturated rings. The number of fused-ring (bicyclic) bond motifs is 1. The van der Waals surface area contributed by atoms with E-state index in [1.54, 1.807) is 24.7 Å². The molecular weight excluding hydrogens is 338 g/mol. The van der Waals surface area contributed by atoms with Gasteiger partial charge in [-0.15, -0.1) is 0 Å². The Balaban J connectivity index is 1.72. The van der Waals surface area contributed by atoms with Crippen LogP contribution in [0.15, 0.2) is 52.2 Å². The molecule has 0 radical (unpaired) electrons. The number of aromatic nitrogens is 2. The van der Waals surface area contributed by atoms with E-state index < -0.39 is 11.1 Å². The first-order valence-corrected chi connectivity index (χ1v) is 8.06. The van der Waals surface area contributed by atoms with Crippen LogP contribution in [-0.2, 0) is 4.79 Å². The molecule has 1 aliphatic rings. The second-order valence-corrected chi connectivity index (χ2v) is 6.09. The van der Waals surface area contributed by atoms with Gasteiger partial charge in [0.1, 0.15) is 11.5 Å². The summed E-state index contributed by atoms with van der Waals surface area (Å²) in [5, 5.41) is 2.57. The quantitative estimate of drug-likeness (QED) is 0.538. The maximum Gasteiger partial charge on any atom is 0.290 e. The lowest BCUT2D eigenvalue weighted by atomic mass is 10.2. The van der Waals surface area contributed by atoms with Crippen molar-refractivity contribution in [3.63, 3.8) is 0 Å². The minimum absolute atomic E-state index is 0.290. The van der Waals surface area contributed by atoms with Crippen molar-refractivity contribution >= 4 is 40.0 Å². The van der Waals surface area contributed by atoms with Crippen LogP contribution in [0.2, 0.25) is 0 Å². The minimum Gasteiger partial charge on any atom is -0.455 e. The predicted molar refractivity (Wildman–Crippen MR) is 93.3 cm³/mol. The van der Waals surface area contributed by atoms with Crippen molar-refractivity contribution < 1.29 is 14.0 Å². The third-order valence-electron chi connectivity index (χ3n) is 3.35. The lowest BCUT2D eigenvalue weighted by Crippen LogP contribution is -2.17. The molecule has 4 heterocycles. The van der Waals surface area contributed by atoms with Crippen LogP contribution in [0.1, 0.15) is 17.0 Å². The maximum absolute atomic E-state index is 11.6. The van der Waals surface area contributed by atoms with Crippen LogP contribution in [0, 0.1) is 11.8 Å². The molecule has 0 aliphatic carbocycles. The van der Waals surface area contributed by atoms with E-state index in [0.29, 0.717) is 22.6 Å². The number of carbonyl (C=O) groups is 2. The van der Waals surface area contributed by atoms with E-state index in [4.69, 9.17) is 4.42 Å². The summed E-state index contributed by atoms with van der Waals surface area (Å²) in [6.45, 7) is 0. The van der Waals surface area contributed by atoms with Crippen molar-refractivity contribution in [3.05, 3.63) is 64.8 Å². The van der Waals surface area contributed by atoms with Gasteiger partial charge in [-0.3, -0.25) is 19.9 Å². The summed E-state index contributed by atoms with van der Waals surface area (Å²) in [5.74, 6) is 5.99. The van der Waals surface area contributed by atoms with E-state index >= 15 is 0 Å². The second-order valence-electron chi connectivity index (χ2n) is 5.07. The molecule has 25 heavy (non-hydrogen) atoms. The molecule has 0 bridgehead atoms. The van der Waals surface area contributed by atoms with Crippen LogP contribution < -0.4 is 5.32 Å². The van der Waals surface area contributed by atoms with Crippen LogP contribution in [-0.4, -0.2) is 21.1 Å². The number of furan rings is 1. The summed E-state index contributed by atoms with van der Waals surface area (Å²) in [7, 11) is 0. The highest BCUT2D eigenvalue weighted by molar-refractivity contribution is 8.18. The van der Waals surface area contributed by atoms with Gasteiger partial charge in [-0.25, -0.2) is 4.98 Å². The van der Waals surface area contributed by atoms with Crippen LogP contribution in [0.4, 0.5) is 4.79 Å². The number of amides is 2. The second kappa shape index (κ2) is 6.26. The fraction of sp³-hybridized carbons (Fsp3) is 0. The van der Waals surface area contributed by atoms with Crippen LogP contribution >= 0.6 is 11.8 Å².